The Morgan fingerprint density at radius 3 is 2.50 bits per heavy atom. The summed E-state index contributed by atoms with van der Waals surface area (Å²) in [6, 6.07) is 7.92. The maximum atomic E-state index is 12.2. The number of hydrogen-bond donors (Lipinski definition) is 2. The largest absolute Gasteiger partial charge is 0.497 e. The fraction of sp³-hybridized carbons (Fsp3) is 0.588. The van der Waals surface area contributed by atoms with Gasteiger partial charge in [0.2, 0.25) is 5.91 Å². The minimum atomic E-state index is -0.806. The SMILES string of the molecule is CCCC(C)(N)C(=O)NCC(C)(C)c1cccc(OC)c1.Cl. The molecule has 22 heavy (non-hydrogen) atoms. The van der Waals surface area contributed by atoms with Gasteiger partial charge in [-0.1, -0.05) is 39.3 Å². The van der Waals surface area contributed by atoms with Crippen molar-refractivity contribution < 1.29 is 9.53 Å². The fourth-order valence-electron chi connectivity index (χ4n) is 2.28. The molecule has 0 saturated carbocycles. The molecular weight excluding hydrogens is 300 g/mol. The minimum Gasteiger partial charge on any atom is -0.497 e. The average Bonchev–Trinajstić information content (AvgIpc) is 2.44. The van der Waals surface area contributed by atoms with E-state index in [-0.39, 0.29) is 23.7 Å². The minimum absolute atomic E-state index is 0. The normalized spacial score (nSPS) is 13.7. The van der Waals surface area contributed by atoms with Crippen LogP contribution in [0.3, 0.4) is 0 Å². The van der Waals surface area contributed by atoms with Gasteiger partial charge in [-0.2, -0.15) is 0 Å². The van der Waals surface area contributed by atoms with Gasteiger partial charge < -0.3 is 15.8 Å². The monoisotopic (exact) mass is 328 g/mol. The van der Waals surface area contributed by atoms with Crippen LogP contribution >= 0.6 is 12.4 Å². The van der Waals surface area contributed by atoms with Crippen molar-refractivity contribution >= 4 is 18.3 Å². The first-order valence-electron chi connectivity index (χ1n) is 7.44. The molecule has 1 rings (SSSR count). The molecule has 3 N–H and O–H groups in total. The molecule has 1 aromatic rings. The molecule has 0 fully saturated rings. The lowest BCUT2D eigenvalue weighted by Gasteiger charge is -2.29. The fourth-order valence-corrected chi connectivity index (χ4v) is 2.28. The average molecular weight is 329 g/mol. The van der Waals surface area contributed by atoms with Gasteiger partial charge in [0.15, 0.2) is 0 Å². The number of carbonyl (C=O) groups excluding carboxylic acids is 1. The van der Waals surface area contributed by atoms with Crippen LogP contribution in [0.2, 0.25) is 0 Å². The molecule has 126 valence electrons. The Labute approximate surface area is 140 Å². The summed E-state index contributed by atoms with van der Waals surface area (Å²) in [6.07, 6.45) is 1.57. The van der Waals surface area contributed by atoms with Crippen molar-refractivity contribution in [3.63, 3.8) is 0 Å². The molecule has 0 spiro atoms. The number of nitrogens with two attached hydrogens (primary N) is 1. The first-order valence-corrected chi connectivity index (χ1v) is 7.44. The summed E-state index contributed by atoms with van der Waals surface area (Å²) in [4.78, 5) is 12.2. The van der Waals surface area contributed by atoms with Crippen molar-refractivity contribution in [2.45, 2.75) is 51.5 Å². The van der Waals surface area contributed by atoms with Crippen molar-refractivity contribution in [3.05, 3.63) is 29.8 Å². The Morgan fingerprint density at radius 1 is 1.32 bits per heavy atom. The maximum absolute atomic E-state index is 12.2. The van der Waals surface area contributed by atoms with Crippen molar-refractivity contribution in [2.75, 3.05) is 13.7 Å². The number of methoxy groups -OCH3 is 1. The van der Waals surface area contributed by atoms with Gasteiger partial charge >= 0.3 is 0 Å². The molecule has 0 saturated heterocycles. The molecule has 0 bridgehead atoms. The number of rotatable bonds is 7. The molecule has 0 heterocycles. The molecule has 0 radical (unpaired) electrons. The quantitative estimate of drug-likeness (QED) is 0.808. The van der Waals surface area contributed by atoms with Crippen LogP contribution in [-0.4, -0.2) is 25.1 Å². The summed E-state index contributed by atoms with van der Waals surface area (Å²) in [5, 5.41) is 2.98. The summed E-state index contributed by atoms with van der Waals surface area (Å²) < 4.78 is 5.25. The Hall–Kier alpha value is -1.26. The second-order valence-corrected chi connectivity index (χ2v) is 6.47. The van der Waals surface area contributed by atoms with Gasteiger partial charge in [-0.05, 0) is 31.0 Å². The molecular formula is C17H29ClN2O2. The van der Waals surface area contributed by atoms with Crippen molar-refractivity contribution in [1.29, 1.82) is 0 Å². The predicted octanol–water partition coefficient (Wildman–Crippen LogP) is 3.03. The Balaban J connectivity index is 0.00000441. The number of amides is 1. The Kier molecular flexibility index (Phi) is 7.91. The third-order valence-corrected chi connectivity index (χ3v) is 3.83. The second kappa shape index (κ2) is 8.39. The van der Waals surface area contributed by atoms with Crippen LogP contribution in [0.15, 0.2) is 24.3 Å². The Morgan fingerprint density at radius 2 is 1.95 bits per heavy atom. The molecule has 0 aliphatic carbocycles. The van der Waals surface area contributed by atoms with Gasteiger partial charge in [0, 0.05) is 12.0 Å². The van der Waals surface area contributed by atoms with Crippen LogP contribution in [0.1, 0.15) is 46.1 Å². The first-order chi connectivity index (χ1) is 9.73. The van der Waals surface area contributed by atoms with E-state index in [0.717, 1.165) is 17.7 Å². The van der Waals surface area contributed by atoms with Crippen LogP contribution in [0.25, 0.3) is 0 Å². The topological polar surface area (TPSA) is 64.4 Å². The number of halogens is 1. The van der Waals surface area contributed by atoms with E-state index >= 15 is 0 Å². The molecule has 0 aliphatic rings. The maximum Gasteiger partial charge on any atom is 0.239 e. The van der Waals surface area contributed by atoms with Crippen LogP contribution in [0, 0.1) is 0 Å². The van der Waals surface area contributed by atoms with Crippen molar-refractivity contribution in [3.8, 4) is 5.75 Å². The highest BCUT2D eigenvalue weighted by molar-refractivity contribution is 5.85. The molecule has 5 heteroatoms. The smallest absolute Gasteiger partial charge is 0.239 e. The van der Waals surface area contributed by atoms with Gasteiger partial charge in [-0.25, -0.2) is 0 Å². The summed E-state index contributed by atoms with van der Waals surface area (Å²) in [5.41, 5.74) is 6.18. The van der Waals surface area contributed by atoms with Gasteiger partial charge in [-0.3, -0.25) is 4.79 Å². The number of ether oxygens (including phenoxy) is 1. The summed E-state index contributed by atoms with van der Waals surface area (Å²) in [6.45, 7) is 8.53. The van der Waals surface area contributed by atoms with E-state index in [0.29, 0.717) is 13.0 Å². The number of benzene rings is 1. The zero-order valence-corrected chi connectivity index (χ0v) is 15.0. The third-order valence-electron chi connectivity index (χ3n) is 3.83. The molecule has 4 nitrogen and oxygen atoms in total. The molecule has 0 aromatic heterocycles. The van der Waals surface area contributed by atoms with E-state index in [1.165, 1.54) is 0 Å². The highest BCUT2D eigenvalue weighted by atomic mass is 35.5. The standard InChI is InChI=1S/C17H28N2O2.ClH/c1-6-10-17(4,18)15(20)19-12-16(2,3)13-8-7-9-14(11-13)21-5;/h7-9,11H,6,10,12,18H2,1-5H3,(H,19,20);1H. The van der Waals surface area contributed by atoms with Crippen molar-refractivity contribution in [1.82, 2.24) is 5.32 Å². The predicted molar refractivity (Wildman–Crippen MR) is 93.8 cm³/mol. The van der Waals surface area contributed by atoms with E-state index < -0.39 is 5.54 Å². The van der Waals surface area contributed by atoms with E-state index in [2.05, 4.69) is 19.2 Å². The highest BCUT2D eigenvalue weighted by Crippen LogP contribution is 2.26. The molecule has 1 unspecified atom stereocenters. The van der Waals surface area contributed by atoms with E-state index in [1.54, 1.807) is 14.0 Å². The van der Waals surface area contributed by atoms with Crippen LogP contribution in [0.5, 0.6) is 5.75 Å². The van der Waals surface area contributed by atoms with Crippen LogP contribution in [-0.2, 0) is 10.2 Å². The molecule has 1 atom stereocenters. The summed E-state index contributed by atoms with van der Waals surface area (Å²) >= 11 is 0. The molecule has 1 amide bonds. The summed E-state index contributed by atoms with van der Waals surface area (Å²) in [5.74, 6) is 0.724. The number of nitrogens with one attached hydrogen (secondary N) is 1. The number of hydrogen-bond acceptors (Lipinski definition) is 3. The van der Waals surface area contributed by atoms with E-state index in [4.69, 9.17) is 10.5 Å². The lowest BCUT2D eigenvalue weighted by molar-refractivity contribution is -0.126. The zero-order valence-electron chi connectivity index (χ0n) is 14.2. The lowest BCUT2D eigenvalue weighted by Crippen LogP contribution is -2.53. The molecule has 0 aliphatic heterocycles. The lowest BCUT2D eigenvalue weighted by atomic mass is 9.84. The second-order valence-electron chi connectivity index (χ2n) is 6.47. The van der Waals surface area contributed by atoms with Crippen LogP contribution in [0.4, 0.5) is 0 Å². The molecule has 1 aromatic carbocycles. The van der Waals surface area contributed by atoms with E-state index in [1.807, 2.05) is 31.2 Å². The van der Waals surface area contributed by atoms with Gasteiger partial charge in [-0.15, -0.1) is 12.4 Å². The summed E-state index contributed by atoms with van der Waals surface area (Å²) in [7, 11) is 1.65. The van der Waals surface area contributed by atoms with Gasteiger partial charge in [0.1, 0.15) is 5.75 Å². The Bertz CT molecular complexity index is 487. The van der Waals surface area contributed by atoms with Gasteiger partial charge in [0.25, 0.3) is 0 Å². The van der Waals surface area contributed by atoms with E-state index in [9.17, 15) is 4.79 Å². The highest BCUT2D eigenvalue weighted by Gasteiger charge is 2.29. The first kappa shape index (κ1) is 20.7. The zero-order chi connectivity index (χ0) is 16.1. The van der Waals surface area contributed by atoms with Gasteiger partial charge in [0.05, 0.1) is 12.6 Å². The van der Waals surface area contributed by atoms with Crippen molar-refractivity contribution in [2.24, 2.45) is 5.73 Å². The van der Waals surface area contributed by atoms with Crippen LogP contribution < -0.4 is 15.8 Å². The third kappa shape index (κ3) is 5.50. The number of carbonyl (C=O) groups is 1.